The molecule has 0 bridgehead atoms. The SMILES string of the molecule is COc1cc(C2C3=CCC4C(=O)N(c5cccc(B(O)O)c5)C(=O)C4C3CC3C(=O)N(Nc4ccc(C)cc4)C(=O)C32c2ccccc2)cc(Cl)c1O. The Morgan fingerprint density at radius 1 is 0.887 bits per heavy atom. The Morgan fingerprint density at radius 3 is 2.32 bits per heavy atom. The van der Waals surface area contributed by atoms with Crippen molar-refractivity contribution in [2.75, 3.05) is 17.4 Å². The van der Waals surface area contributed by atoms with Crippen molar-refractivity contribution in [2.24, 2.45) is 23.7 Å². The quantitative estimate of drug-likeness (QED) is 0.124. The van der Waals surface area contributed by atoms with E-state index in [2.05, 4.69) is 5.43 Å². The molecule has 6 atom stereocenters. The minimum Gasteiger partial charge on any atom is -0.503 e. The molecule has 3 fully saturated rings. The Kier molecular flexibility index (Phi) is 8.44. The second-order valence-corrected chi connectivity index (χ2v) is 14.5. The predicted molar refractivity (Wildman–Crippen MR) is 197 cm³/mol. The lowest BCUT2D eigenvalue weighted by Gasteiger charge is -2.50. The van der Waals surface area contributed by atoms with Gasteiger partial charge in [-0.2, -0.15) is 5.01 Å². The normalized spacial score (nSPS) is 26.2. The summed E-state index contributed by atoms with van der Waals surface area (Å²) in [4.78, 5) is 59.9. The third-order valence-corrected chi connectivity index (χ3v) is 11.7. The molecule has 4 aliphatic rings. The molecule has 2 aliphatic heterocycles. The van der Waals surface area contributed by atoms with Crippen molar-refractivity contribution in [3.8, 4) is 11.5 Å². The maximum atomic E-state index is 15.3. The van der Waals surface area contributed by atoms with Crippen LogP contribution in [0.2, 0.25) is 5.02 Å². The molecular formula is C40H35BClN3O8. The summed E-state index contributed by atoms with van der Waals surface area (Å²) in [5.74, 6) is -6.26. The van der Waals surface area contributed by atoms with E-state index in [0.717, 1.165) is 15.5 Å². The maximum Gasteiger partial charge on any atom is 0.488 e. The number of halogens is 1. The molecule has 4 N–H and O–H groups in total. The number of allylic oxidation sites excluding steroid dienone is 2. The molecular weight excluding hydrogens is 697 g/mol. The molecule has 2 aliphatic carbocycles. The van der Waals surface area contributed by atoms with Crippen LogP contribution in [0, 0.1) is 30.6 Å². The summed E-state index contributed by atoms with van der Waals surface area (Å²) in [6.07, 6.45) is 2.18. The Balaban J connectivity index is 1.32. The van der Waals surface area contributed by atoms with Crippen LogP contribution in [-0.2, 0) is 24.6 Å². The molecule has 11 nitrogen and oxygen atoms in total. The van der Waals surface area contributed by atoms with Crippen LogP contribution < -0.4 is 20.5 Å². The fraction of sp³-hybridized carbons (Fsp3) is 0.250. The van der Waals surface area contributed by atoms with Crippen LogP contribution in [0.4, 0.5) is 11.4 Å². The van der Waals surface area contributed by atoms with Gasteiger partial charge in [-0.3, -0.25) is 29.5 Å². The summed E-state index contributed by atoms with van der Waals surface area (Å²) in [6.45, 7) is 1.93. The number of aryl methyl sites for hydroxylation is 1. The summed E-state index contributed by atoms with van der Waals surface area (Å²) in [5.41, 5.74) is 5.18. The zero-order chi connectivity index (χ0) is 37.3. The Hall–Kier alpha value is -5.43. The van der Waals surface area contributed by atoms with Gasteiger partial charge >= 0.3 is 7.12 Å². The van der Waals surface area contributed by atoms with Crippen LogP contribution in [0.15, 0.2) is 103 Å². The van der Waals surface area contributed by atoms with Crippen molar-refractivity contribution in [2.45, 2.75) is 31.1 Å². The van der Waals surface area contributed by atoms with E-state index in [0.29, 0.717) is 22.4 Å². The zero-order valence-electron chi connectivity index (χ0n) is 28.8. The third kappa shape index (κ3) is 5.19. The molecule has 53 heavy (non-hydrogen) atoms. The molecule has 2 saturated heterocycles. The van der Waals surface area contributed by atoms with E-state index in [1.807, 2.05) is 55.5 Å². The van der Waals surface area contributed by atoms with Crippen molar-refractivity contribution >= 4 is 59.2 Å². The van der Waals surface area contributed by atoms with Crippen LogP contribution in [0.25, 0.3) is 0 Å². The topological polar surface area (TPSA) is 157 Å². The van der Waals surface area contributed by atoms with Crippen molar-refractivity contribution in [1.82, 2.24) is 5.01 Å². The van der Waals surface area contributed by atoms with E-state index < -0.39 is 65.8 Å². The van der Waals surface area contributed by atoms with E-state index in [1.165, 1.54) is 19.2 Å². The predicted octanol–water partition coefficient (Wildman–Crippen LogP) is 4.23. The number of hydrogen-bond donors (Lipinski definition) is 4. The second-order valence-electron chi connectivity index (χ2n) is 14.1. The molecule has 4 amide bonds. The number of phenols is 1. The highest BCUT2D eigenvalue weighted by Gasteiger charge is 2.70. The average molecular weight is 732 g/mol. The highest BCUT2D eigenvalue weighted by Crippen LogP contribution is 2.64. The largest absolute Gasteiger partial charge is 0.503 e. The number of imide groups is 2. The number of carbonyl (C=O) groups is 4. The molecule has 4 aromatic carbocycles. The second kappa shape index (κ2) is 12.9. The third-order valence-electron chi connectivity index (χ3n) is 11.4. The summed E-state index contributed by atoms with van der Waals surface area (Å²) >= 11 is 6.63. The number of phenolic OH excluding ortho intramolecular Hbond substituents is 1. The van der Waals surface area contributed by atoms with Gasteiger partial charge in [0.2, 0.25) is 11.8 Å². The number of nitrogens with one attached hydrogen (secondary N) is 1. The molecule has 0 aromatic heterocycles. The molecule has 1 saturated carbocycles. The lowest BCUT2D eigenvalue weighted by Crippen LogP contribution is -2.53. The lowest BCUT2D eigenvalue weighted by atomic mass is 9.49. The first-order chi connectivity index (χ1) is 25.5. The first kappa shape index (κ1) is 34.6. The Bertz CT molecular complexity index is 2210. The fourth-order valence-electron chi connectivity index (χ4n) is 9.12. The number of aromatic hydroxyl groups is 1. The summed E-state index contributed by atoms with van der Waals surface area (Å²) < 4.78 is 5.52. The molecule has 8 rings (SSSR count). The zero-order valence-corrected chi connectivity index (χ0v) is 29.5. The summed E-state index contributed by atoms with van der Waals surface area (Å²) in [6, 6.07) is 25.5. The van der Waals surface area contributed by atoms with Crippen LogP contribution in [-0.4, -0.2) is 58.0 Å². The van der Waals surface area contributed by atoms with Crippen molar-refractivity contribution in [1.29, 1.82) is 0 Å². The van der Waals surface area contributed by atoms with Crippen molar-refractivity contribution in [3.05, 3.63) is 124 Å². The Labute approximate surface area is 310 Å². The first-order valence-electron chi connectivity index (χ1n) is 17.3. The average Bonchev–Trinajstić information content (AvgIpc) is 3.54. The number of nitrogens with zero attached hydrogens (tertiary/aromatic N) is 2. The number of ether oxygens (including phenoxy) is 1. The maximum absolute atomic E-state index is 15.3. The molecule has 6 unspecified atom stereocenters. The number of hydrazine groups is 1. The lowest BCUT2D eigenvalue weighted by molar-refractivity contribution is -0.138. The summed E-state index contributed by atoms with van der Waals surface area (Å²) in [7, 11) is -0.418. The first-order valence-corrected chi connectivity index (χ1v) is 17.7. The molecule has 0 spiro atoms. The monoisotopic (exact) mass is 731 g/mol. The molecule has 13 heteroatoms. The number of hydrogen-bond acceptors (Lipinski definition) is 9. The Morgan fingerprint density at radius 2 is 1.62 bits per heavy atom. The van der Waals surface area contributed by atoms with E-state index in [9.17, 15) is 29.5 Å². The van der Waals surface area contributed by atoms with E-state index >= 15 is 4.79 Å². The van der Waals surface area contributed by atoms with Gasteiger partial charge in [0.15, 0.2) is 11.5 Å². The number of fused-ring (bicyclic) bond motifs is 4. The number of methoxy groups -OCH3 is 1. The van der Waals surface area contributed by atoms with Crippen LogP contribution in [0.3, 0.4) is 0 Å². The van der Waals surface area contributed by atoms with Crippen LogP contribution in [0.1, 0.15) is 35.4 Å². The molecule has 2 heterocycles. The highest BCUT2D eigenvalue weighted by atomic mass is 35.5. The number of anilines is 2. The van der Waals surface area contributed by atoms with Crippen molar-refractivity contribution in [3.63, 3.8) is 0 Å². The minimum atomic E-state index is -1.81. The van der Waals surface area contributed by atoms with E-state index in [4.69, 9.17) is 16.3 Å². The van der Waals surface area contributed by atoms with Gasteiger partial charge in [0.1, 0.15) is 0 Å². The van der Waals surface area contributed by atoms with Gasteiger partial charge in [-0.25, -0.2) is 0 Å². The number of carbonyl (C=O) groups excluding carboxylic acids is 4. The smallest absolute Gasteiger partial charge is 0.488 e. The fourth-order valence-corrected chi connectivity index (χ4v) is 9.34. The van der Waals surface area contributed by atoms with Gasteiger partial charge in [0.05, 0.1) is 46.7 Å². The van der Waals surface area contributed by atoms with Gasteiger partial charge in [0.25, 0.3) is 11.8 Å². The van der Waals surface area contributed by atoms with Crippen molar-refractivity contribution < 1.29 is 39.1 Å². The van der Waals surface area contributed by atoms with Crippen LogP contribution in [0.5, 0.6) is 11.5 Å². The number of benzene rings is 4. The molecule has 4 aromatic rings. The molecule has 0 radical (unpaired) electrons. The van der Waals surface area contributed by atoms with Gasteiger partial charge in [0, 0.05) is 5.92 Å². The number of amides is 4. The van der Waals surface area contributed by atoms with Gasteiger partial charge in [-0.1, -0.05) is 83.4 Å². The van der Waals surface area contributed by atoms with Gasteiger partial charge < -0.3 is 19.9 Å². The number of rotatable bonds is 7. The molecule has 268 valence electrons. The van der Waals surface area contributed by atoms with Crippen LogP contribution >= 0.6 is 11.6 Å². The standard InChI is InChI=1S/C40H35BClN3O8/c1-21-11-13-25(14-12-21)43-45-37(48)30-20-29-27(15-16-28-33(29)38(49)44(36(28)47)26-10-6-9-24(19-26)41(51)52)34(22-17-31(42)35(46)32(18-22)53-2)40(30,39(45)50)23-7-4-3-5-8-23/h3-15,17-19,28-30,33-34,43,46,51-52H,16,20H2,1-2H3. The minimum absolute atomic E-state index is 0.0221. The van der Waals surface area contributed by atoms with Gasteiger partial charge in [-0.15, -0.1) is 0 Å². The highest BCUT2D eigenvalue weighted by molar-refractivity contribution is 6.58. The summed E-state index contributed by atoms with van der Waals surface area (Å²) in [5, 5.41) is 31.5. The van der Waals surface area contributed by atoms with E-state index in [1.54, 1.807) is 36.4 Å². The van der Waals surface area contributed by atoms with Gasteiger partial charge in [-0.05, 0) is 78.7 Å². The van der Waals surface area contributed by atoms with E-state index in [-0.39, 0.29) is 40.5 Å².